The van der Waals surface area contributed by atoms with Crippen LogP contribution in [-0.2, 0) is 6.18 Å². The molecule has 1 aromatic rings. The first-order valence-corrected chi connectivity index (χ1v) is 4.75. The highest BCUT2D eigenvalue weighted by Crippen LogP contribution is 2.38. The maximum atomic E-state index is 12.5. The Hall–Kier alpha value is -0.420. The van der Waals surface area contributed by atoms with Crippen molar-refractivity contribution in [1.29, 1.82) is 0 Å². The van der Waals surface area contributed by atoms with Crippen molar-refractivity contribution in [2.45, 2.75) is 11.1 Å². The Labute approximate surface area is 80.4 Å². The molecule has 0 nitrogen and oxygen atoms in total. The molecule has 72 valence electrons. The van der Waals surface area contributed by atoms with Crippen LogP contribution < -0.4 is 0 Å². The SMILES string of the molecule is Fc1ccc(SCl)c(C(F)(F)F)c1. The zero-order valence-corrected chi connectivity index (χ0v) is 7.60. The van der Waals surface area contributed by atoms with E-state index in [1.54, 1.807) is 0 Å². The number of alkyl halides is 3. The summed E-state index contributed by atoms with van der Waals surface area (Å²) in [6.45, 7) is 0. The quantitative estimate of drug-likeness (QED) is 0.655. The Kier molecular flexibility index (Phi) is 3.08. The topological polar surface area (TPSA) is 0 Å². The summed E-state index contributed by atoms with van der Waals surface area (Å²) in [5.41, 5.74) is -1.05. The zero-order chi connectivity index (χ0) is 10.1. The van der Waals surface area contributed by atoms with Gasteiger partial charge in [0.2, 0.25) is 0 Å². The maximum Gasteiger partial charge on any atom is 0.417 e. The van der Waals surface area contributed by atoms with Crippen LogP contribution in [0.5, 0.6) is 0 Å². The van der Waals surface area contributed by atoms with Gasteiger partial charge in [0, 0.05) is 4.90 Å². The van der Waals surface area contributed by atoms with Gasteiger partial charge >= 0.3 is 6.18 Å². The fraction of sp³-hybridized carbons (Fsp3) is 0.143. The summed E-state index contributed by atoms with van der Waals surface area (Å²) in [7, 11) is 5.60. The number of benzene rings is 1. The van der Waals surface area contributed by atoms with Crippen LogP contribution in [0.3, 0.4) is 0 Å². The molecule has 13 heavy (non-hydrogen) atoms. The zero-order valence-electron chi connectivity index (χ0n) is 6.03. The Bertz CT molecular complexity index is 310. The van der Waals surface area contributed by atoms with Crippen molar-refractivity contribution in [3.63, 3.8) is 0 Å². The van der Waals surface area contributed by atoms with Gasteiger partial charge in [-0.2, -0.15) is 13.2 Å². The molecule has 0 radical (unpaired) electrons. The van der Waals surface area contributed by atoms with Crippen molar-refractivity contribution in [2.75, 3.05) is 0 Å². The van der Waals surface area contributed by atoms with Crippen molar-refractivity contribution >= 4 is 21.7 Å². The first-order chi connectivity index (χ1) is 5.95. The predicted molar refractivity (Wildman–Crippen MR) is 43.1 cm³/mol. The van der Waals surface area contributed by atoms with Crippen LogP contribution in [0.4, 0.5) is 17.6 Å². The Morgan fingerprint density at radius 3 is 2.31 bits per heavy atom. The van der Waals surface area contributed by atoms with Gasteiger partial charge in [-0.25, -0.2) is 4.39 Å². The van der Waals surface area contributed by atoms with E-state index in [4.69, 9.17) is 10.7 Å². The Morgan fingerprint density at radius 1 is 1.23 bits per heavy atom. The molecule has 0 fully saturated rings. The number of halogens is 5. The van der Waals surface area contributed by atoms with Gasteiger partial charge in [0.1, 0.15) is 5.82 Å². The largest absolute Gasteiger partial charge is 0.417 e. The van der Waals surface area contributed by atoms with Crippen molar-refractivity contribution in [3.8, 4) is 0 Å². The third kappa shape index (κ3) is 2.51. The van der Waals surface area contributed by atoms with Crippen LogP contribution in [0.15, 0.2) is 23.1 Å². The number of hydrogen-bond acceptors (Lipinski definition) is 1. The van der Waals surface area contributed by atoms with Gasteiger partial charge in [0.25, 0.3) is 0 Å². The molecular formula is C7H3ClF4S. The smallest absolute Gasteiger partial charge is 0.207 e. The first-order valence-electron chi connectivity index (χ1n) is 3.10. The van der Waals surface area contributed by atoms with Gasteiger partial charge in [-0.3, -0.25) is 0 Å². The third-order valence-electron chi connectivity index (χ3n) is 1.33. The molecule has 6 heteroatoms. The summed E-state index contributed by atoms with van der Waals surface area (Å²) in [6, 6.07) is 2.35. The highest BCUT2D eigenvalue weighted by Gasteiger charge is 2.33. The molecule has 0 N–H and O–H groups in total. The maximum absolute atomic E-state index is 12.5. The van der Waals surface area contributed by atoms with Crippen molar-refractivity contribution in [1.82, 2.24) is 0 Å². The van der Waals surface area contributed by atoms with Gasteiger partial charge in [-0.05, 0) is 39.9 Å². The molecule has 0 aliphatic heterocycles. The molecule has 0 aliphatic carbocycles. The standard InChI is InChI=1S/C7H3ClF4S/c8-13-6-2-1-4(9)3-5(6)7(10,11)12/h1-3H. The molecule has 0 spiro atoms. The molecule has 0 bridgehead atoms. The minimum atomic E-state index is -4.57. The molecule has 1 rings (SSSR count). The van der Waals surface area contributed by atoms with Crippen LogP contribution in [0, 0.1) is 5.82 Å². The van der Waals surface area contributed by atoms with Crippen LogP contribution in [0.1, 0.15) is 5.56 Å². The van der Waals surface area contributed by atoms with Gasteiger partial charge in [0.15, 0.2) is 0 Å². The summed E-state index contributed by atoms with van der Waals surface area (Å²) in [6.07, 6.45) is -4.57. The molecule has 0 aromatic heterocycles. The van der Waals surface area contributed by atoms with Gasteiger partial charge in [-0.1, -0.05) is 0 Å². The normalized spacial score (nSPS) is 11.8. The second kappa shape index (κ2) is 3.75. The van der Waals surface area contributed by atoms with Crippen LogP contribution in [0.2, 0.25) is 0 Å². The van der Waals surface area contributed by atoms with E-state index in [9.17, 15) is 17.6 Å². The second-order valence-corrected chi connectivity index (χ2v) is 3.27. The fourth-order valence-corrected chi connectivity index (χ4v) is 1.57. The van der Waals surface area contributed by atoms with E-state index in [0.717, 1.165) is 12.1 Å². The van der Waals surface area contributed by atoms with Gasteiger partial charge in [-0.15, -0.1) is 0 Å². The van der Waals surface area contributed by atoms with E-state index in [1.807, 2.05) is 0 Å². The average molecular weight is 231 g/mol. The number of rotatable bonds is 1. The molecular weight excluding hydrogens is 228 g/mol. The third-order valence-corrected chi connectivity index (χ3v) is 2.35. The first kappa shape index (κ1) is 10.7. The molecule has 0 heterocycles. The lowest BCUT2D eigenvalue weighted by Crippen LogP contribution is -2.06. The van der Waals surface area contributed by atoms with E-state index in [0.29, 0.717) is 17.0 Å². The Morgan fingerprint density at radius 2 is 1.85 bits per heavy atom. The molecule has 0 saturated carbocycles. The van der Waals surface area contributed by atoms with Crippen LogP contribution in [0.25, 0.3) is 0 Å². The summed E-state index contributed by atoms with van der Waals surface area (Å²) in [5, 5.41) is 0. The molecule has 0 amide bonds. The summed E-state index contributed by atoms with van der Waals surface area (Å²) < 4.78 is 49.0. The van der Waals surface area contributed by atoms with E-state index >= 15 is 0 Å². The number of hydrogen-bond donors (Lipinski definition) is 0. The molecule has 0 unspecified atom stereocenters. The van der Waals surface area contributed by atoms with Crippen molar-refractivity contribution < 1.29 is 17.6 Å². The highest BCUT2D eigenvalue weighted by molar-refractivity contribution is 8.21. The summed E-state index contributed by atoms with van der Waals surface area (Å²) in [4.78, 5) is -0.199. The van der Waals surface area contributed by atoms with Gasteiger partial charge < -0.3 is 0 Å². The van der Waals surface area contributed by atoms with E-state index in [2.05, 4.69) is 0 Å². The second-order valence-electron chi connectivity index (χ2n) is 2.22. The molecule has 0 saturated heterocycles. The van der Waals surface area contributed by atoms with Crippen molar-refractivity contribution in [3.05, 3.63) is 29.6 Å². The summed E-state index contributed by atoms with van der Waals surface area (Å²) >= 11 is 0. The predicted octanol–water partition coefficient (Wildman–Crippen LogP) is 4.09. The van der Waals surface area contributed by atoms with E-state index in [-0.39, 0.29) is 4.90 Å². The summed E-state index contributed by atoms with van der Waals surface area (Å²) in [5.74, 6) is -0.929. The minimum absolute atomic E-state index is 0.199. The molecule has 1 aromatic carbocycles. The fourth-order valence-electron chi connectivity index (χ4n) is 0.791. The highest BCUT2D eigenvalue weighted by atomic mass is 35.7. The average Bonchev–Trinajstić information content (AvgIpc) is 2.03. The van der Waals surface area contributed by atoms with Crippen LogP contribution >= 0.6 is 21.7 Å². The Balaban J connectivity index is 3.24. The monoisotopic (exact) mass is 230 g/mol. The minimum Gasteiger partial charge on any atom is -0.207 e. The molecule has 0 atom stereocenters. The van der Waals surface area contributed by atoms with Gasteiger partial charge in [0.05, 0.1) is 5.56 Å². The lowest BCUT2D eigenvalue weighted by molar-refractivity contribution is -0.139. The van der Waals surface area contributed by atoms with Crippen molar-refractivity contribution in [2.24, 2.45) is 0 Å². The van der Waals surface area contributed by atoms with E-state index < -0.39 is 17.6 Å². The lowest BCUT2D eigenvalue weighted by Gasteiger charge is -2.09. The molecule has 0 aliphatic rings. The van der Waals surface area contributed by atoms with E-state index in [1.165, 1.54) is 0 Å². The lowest BCUT2D eigenvalue weighted by atomic mass is 10.2. The van der Waals surface area contributed by atoms with Crippen LogP contribution in [-0.4, -0.2) is 0 Å².